The van der Waals surface area contributed by atoms with E-state index < -0.39 is 11.7 Å². The minimum Gasteiger partial charge on any atom is -0.385 e. The summed E-state index contributed by atoms with van der Waals surface area (Å²) in [5, 5.41) is 7.37. The van der Waals surface area contributed by atoms with Crippen LogP contribution in [0.25, 0.3) is 5.57 Å². The Labute approximate surface area is 185 Å². The van der Waals surface area contributed by atoms with Crippen LogP contribution in [0.15, 0.2) is 54.7 Å². The maximum absolute atomic E-state index is 13.0. The number of halogens is 3. The topological polar surface area (TPSA) is 30.5 Å². The van der Waals surface area contributed by atoms with Crippen LogP contribution in [-0.2, 0) is 6.18 Å². The molecular weight excluding hydrogens is 421 g/mol. The van der Waals surface area contributed by atoms with E-state index in [1.54, 1.807) is 6.07 Å². The van der Waals surface area contributed by atoms with Crippen molar-refractivity contribution in [3.8, 4) is 0 Å². The van der Waals surface area contributed by atoms with Crippen LogP contribution >= 0.6 is 12.2 Å². The molecule has 4 nitrogen and oxygen atoms in total. The summed E-state index contributed by atoms with van der Waals surface area (Å²) >= 11 is 5.59. The molecule has 0 saturated carbocycles. The van der Waals surface area contributed by atoms with Gasteiger partial charge >= 0.3 is 6.18 Å². The summed E-state index contributed by atoms with van der Waals surface area (Å²) in [5.41, 5.74) is 3.51. The monoisotopic (exact) mass is 446 g/mol. The van der Waals surface area contributed by atoms with E-state index >= 15 is 0 Å². The van der Waals surface area contributed by atoms with Crippen molar-refractivity contribution in [1.29, 1.82) is 0 Å². The number of para-hydroxylation sites is 1. The number of thiocarbonyl (C=S) groups is 1. The third kappa shape index (κ3) is 5.12. The maximum Gasteiger partial charge on any atom is 0.416 e. The third-order valence-electron chi connectivity index (χ3n) is 5.69. The molecule has 0 spiro atoms. The number of hydrogen-bond donors (Lipinski definition) is 2. The molecule has 0 aromatic heterocycles. The third-order valence-corrected chi connectivity index (χ3v) is 6.06. The molecule has 8 heteroatoms. The Morgan fingerprint density at radius 2 is 1.81 bits per heavy atom. The van der Waals surface area contributed by atoms with E-state index in [1.165, 1.54) is 23.3 Å². The highest BCUT2D eigenvalue weighted by atomic mass is 32.1. The summed E-state index contributed by atoms with van der Waals surface area (Å²) in [6.07, 6.45) is -0.329. The van der Waals surface area contributed by atoms with Crippen molar-refractivity contribution in [3.63, 3.8) is 0 Å². The van der Waals surface area contributed by atoms with Crippen LogP contribution in [0.5, 0.6) is 0 Å². The molecular formula is C23H25F3N4S. The lowest BCUT2D eigenvalue weighted by Gasteiger charge is -2.37. The highest BCUT2D eigenvalue weighted by Gasteiger charge is 2.31. The molecule has 2 aromatic carbocycles. The van der Waals surface area contributed by atoms with Gasteiger partial charge in [0.25, 0.3) is 0 Å². The van der Waals surface area contributed by atoms with Crippen molar-refractivity contribution in [1.82, 2.24) is 10.2 Å². The fourth-order valence-corrected chi connectivity index (χ4v) is 4.23. The highest BCUT2D eigenvalue weighted by molar-refractivity contribution is 7.80. The summed E-state index contributed by atoms with van der Waals surface area (Å²) in [4.78, 5) is 4.04. The fourth-order valence-electron chi connectivity index (χ4n) is 3.99. The molecule has 4 rings (SSSR count). The Hall–Kier alpha value is -2.74. The molecule has 0 unspecified atom stereocenters. The number of benzene rings is 2. The van der Waals surface area contributed by atoms with Crippen LogP contribution in [0.3, 0.4) is 0 Å². The van der Waals surface area contributed by atoms with Crippen LogP contribution in [0.2, 0.25) is 0 Å². The van der Waals surface area contributed by atoms with Crippen molar-refractivity contribution < 1.29 is 13.2 Å². The lowest BCUT2D eigenvalue weighted by Crippen LogP contribution is -2.51. The van der Waals surface area contributed by atoms with Gasteiger partial charge in [0, 0.05) is 55.9 Å². The minimum atomic E-state index is -4.33. The summed E-state index contributed by atoms with van der Waals surface area (Å²) in [5.74, 6) is 0. The van der Waals surface area contributed by atoms with E-state index in [4.69, 9.17) is 12.2 Å². The molecule has 0 atom stereocenters. The number of allylic oxidation sites excluding steroid dienone is 1. The largest absolute Gasteiger partial charge is 0.416 e. The molecule has 2 N–H and O–H groups in total. The average molecular weight is 447 g/mol. The van der Waals surface area contributed by atoms with E-state index in [0.717, 1.165) is 31.1 Å². The first-order valence-corrected chi connectivity index (χ1v) is 10.8. The van der Waals surface area contributed by atoms with Gasteiger partial charge in [-0.05, 0) is 54.9 Å². The quantitative estimate of drug-likeness (QED) is 0.638. The van der Waals surface area contributed by atoms with Crippen molar-refractivity contribution in [2.24, 2.45) is 0 Å². The molecule has 2 aliphatic rings. The molecule has 164 valence electrons. The van der Waals surface area contributed by atoms with Crippen LogP contribution < -0.4 is 15.5 Å². The van der Waals surface area contributed by atoms with Gasteiger partial charge in [-0.15, -0.1) is 0 Å². The lowest BCUT2D eigenvalue weighted by atomic mass is 10.0. The molecule has 31 heavy (non-hydrogen) atoms. The standard InChI is InChI=1S/C23H25F3N4S/c24-23(25,26)18-6-3-7-19(15-18)29-11-13-30(14-12-29)22(31)28-16-17-5-4-10-27-21-9-2-1-8-20(17)21/h1-3,6-9,15-16,27H,4-5,10-14H2,(H,28,31)/b17-16-. The van der Waals surface area contributed by atoms with Crippen molar-refractivity contribution in [2.45, 2.75) is 19.0 Å². The van der Waals surface area contributed by atoms with Gasteiger partial charge in [0.2, 0.25) is 0 Å². The SMILES string of the molecule is FC(F)(F)c1cccc(N2CCN(C(=S)N/C=C3/CCCNc4ccccc43)CC2)c1. The van der Waals surface area contributed by atoms with Crippen LogP contribution in [0.1, 0.15) is 24.0 Å². The Morgan fingerprint density at radius 3 is 2.58 bits per heavy atom. The number of rotatable bonds is 2. The second-order valence-corrected chi connectivity index (χ2v) is 8.10. The second kappa shape index (κ2) is 9.18. The number of fused-ring (bicyclic) bond motifs is 1. The van der Waals surface area contributed by atoms with Crippen molar-refractivity contribution in [2.75, 3.05) is 42.9 Å². The van der Waals surface area contributed by atoms with E-state index in [-0.39, 0.29) is 0 Å². The van der Waals surface area contributed by atoms with Gasteiger partial charge < -0.3 is 20.4 Å². The first-order valence-electron chi connectivity index (χ1n) is 10.4. The van der Waals surface area contributed by atoms with Gasteiger partial charge in [-0.2, -0.15) is 13.2 Å². The van der Waals surface area contributed by atoms with Gasteiger partial charge in [0.1, 0.15) is 0 Å². The van der Waals surface area contributed by atoms with Gasteiger partial charge in [-0.1, -0.05) is 24.3 Å². The zero-order valence-electron chi connectivity index (χ0n) is 17.1. The number of alkyl halides is 3. The molecule has 1 fully saturated rings. The van der Waals surface area contributed by atoms with Gasteiger partial charge in [0.15, 0.2) is 5.11 Å². The summed E-state index contributed by atoms with van der Waals surface area (Å²) in [7, 11) is 0. The van der Waals surface area contributed by atoms with Gasteiger partial charge in [-0.25, -0.2) is 0 Å². The normalized spacial score (nSPS) is 18.2. The lowest BCUT2D eigenvalue weighted by molar-refractivity contribution is -0.137. The summed E-state index contributed by atoms with van der Waals surface area (Å²) in [6.45, 7) is 3.49. The van der Waals surface area contributed by atoms with Crippen molar-refractivity contribution >= 4 is 34.3 Å². The van der Waals surface area contributed by atoms with E-state index in [9.17, 15) is 13.2 Å². The molecule has 2 heterocycles. The Kier molecular flexibility index (Phi) is 6.36. The van der Waals surface area contributed by atoms with Gasteiger partial charge in [0.05, 0.1) is 5.56 Å². The van der Waals surface area contributed by atoms with Gasteiger partial charge in [-0.3, -0.25) is 0 Å². The molecule has 2 aromatic rings. The summed E-state index contributed by atoms with van der Waals surface area (Å²) in [6, 6.07) is 13.8. The minimum absolute atomic E-state index is 0.595. The molecule has 0 bridgehead atoms. The zero-order valence-corrected chi connectivity index (χ0v) is 17.9. The van der Waals surface area contributed by atoms with E-state index in [1.807, 2.05) is 23.2 Å². The number of piperazine rings is 1. The zero-order chi connectivity index (χ0) is 21.8. The molecule has 0 aliphatic carbocycles. The molecule has 1 saturated heterocycles. The maximum atomic E-state index is 13.0. The average Bonchev–Trinajstić information content (AvgIpc) is 2.99. The Morgan fingerprint density at radius 1 is 1.03 bits per heavy atom. The smallest absolute Gasteiger partial charge is 0.385 e. The van der Waals surface area contributed by atoms with E-state index in [2.05, 4.69) is 27.7 Å². The Balaban J connectivity index is 1.37. The highest BCUT2D eigenvalue weighted by Crippen LogP contribution is 2.32. The number of anilines is 2. The second-order valence-electron chi connectivity index (χ2n) is 7.72. The molecule has 2 aliphatic heterocycles. The first kappa shape index (κ1) is 21.5. The predicted molar refractivity (Wildman–Crippen MR) is 123 cm³/mol. The molecule has 0 radical (unpaired) electrons. The predicted octanol–water partition coefficient (Wildman–Crippen LogP) is 4.95. The number of nitrogens with one attached hydrogen (secondary N) is 2. The van der Waals surface area contributed by atoms with E-state index in [0.29, 0.717) is 37.0 Å². The van der Waals surface area contributed by atoms with Crippen LogP contribution in [-0.4, -0.2) is 42.7 Å². The number of nitrogens with zero attached hydrogens (tertiary/aromatic N) is 2. The fraction of sp³-hybridized carbons (Fsp3) is 0.348. The van der Waals surface area contributed by atoms with Crippen molar-refractivity contribution in [3.05, 3.63) is 65.9 Å². The Bertz CT molecular complexity index is 965. The van der Waals surface area contributed by atoms with Crippen LogP contribution in [0.4, 0.5) is 24.5 Å². The summed E-state index contributed by atoms with van der Waals surface area (Å²) < 4.78 is 39.0. The first-order chi connectivity index (χ1) is 14.9. The molecule has 0 amide bonds. The van der Waals surface area contributed by atoms with Crippen LogP contribution in [0, 0.1) is 0 Å². The number of hydrogen-bond acceptors (Lipinski definition) is 3.